The number of hydrogen-bond donors (Lipinski definition) is 2. The van der Waals surface area contributed by atoms with Crippen molar-refractivity contribution >= 4 is 24.0 Å². The van der Waals surface area contributed by atoms with E-state index in [9.17, 15) is 9.59 Å². The van der Waals surface area contributed by atoms with Gasteiger partial charge in [0.05, 0.1) is 6.04 Å². The molecule has 1 aromatic carbocycles. The van der Waals surface area contributed by atoms with Crippen LogP contribution in [0.3, 0.4) is 0 Å². The van der Waals surface area contributed by atoms with Crippen molar-refractivity contribution in [3.8, 4) is 0 Å². The zero-order chi connectivity index (χ0) is 12.0. The van der Waals surface area contributed by atoms with Crippen LogP contribution in [0.25, 0.3) is 6.08 Å². The normalized spacial score (nSPS) is 12.4. The maximum atomic E-state index is 11.4. The Kier molecular flexibility index (Phi) is 4.42. The molecule has 0 bridgehead atoms. The number of amides is 1. The average Bonchev–Trinajstić information content (AvgIpc) is 2.27. The van der Waals surface area contributed by atoms with Crippen LogP contribution in [-0.2, 0) is 9.59 Å². The number of nitrogens with two attached hydrogens (primary N) is 1. The molecular formula is C12H13N2O2. The number of hydrogen-bond acceptors (Lipinski definition) is 3. The van der Waals surface area contributed by atoms with E-state index in [1.807, 2.05) is 6.07 Å². The summed E-state index contributed by atoms with van der Waals surface area (Å²) in [5, 5.41) is 2.67. The summed E-state index contributed by atoms with van der Waals surface area (Å²) in [5.41, 5.74) is 6.80. The van der Waals surface area contributed by atoms with Gasteiger partial charge in [0, 0.05) is 5.69 Å². The second-order valence-electron chi connectivity index (χ2n) is 3.32. The van der Waals surface area contributed by atoms with E-state index < -0.39 is 6.04 Å². The van der Waals surface area contributed by atoms with Crippen molar-refractivity contribution in [2.24, 2.45) is 5.73 Å². The van der Waals surface area contributed by atoms with Crippen LogP contribution in [0.2, 0.25) is 0 Å². The minimum Gasteiger partial charge on any atom is -0.324 e. The second kappa shape index (κ2) is 5.82. The lowest BCUT2D eigenvalue weighted by atomic mass is 10.1. The van der Waals surface area contributed by atoms with Gasteiger partial charge < -0.3 is 11.1 Å². The van der Waals surface area contributed by atoms with Gasteiger partial charge in [-0.15, -0.1) is 0 Å². The summed E-state index contributed by atoms with van der Waals surface area (Å²) in [6, 6.07) is 6.55. The van der Waals surface area contributed by atoms with Crippen molar-refractivity contribution in [3.05, 3.63) is 35.9 Å². The SMILES string of the molecule is CC(N)C(=O)Nc1ccccc1/C=C/[C]=O. The molecular weight excluding hydrogens is 204 g/mol. The van der Waals surface area contributed by atoms with Crippen molar-refractivity contribution in [1.82, 2.24) is 0 Å². The molecule has 3 N–H and O–H groups in total. The standard InChI is InChI=1S/C12H13N2O2/c1-9(13)12(16)14-11-7-3-2-5-10(11)6-4-8-15/h2-7,9H,13H2,1H3,(H,14,16)/b6-4+. The molecule has 0 aliphatic rings. The van der Waals surface area contributed by atoms with Crippen LogP contribution in [-0.4, -0.2) is 18.2 Å². The van der Waals surface area contributed by atoms with E-state index in [2.05, 4.69) is 5.32 Å². The van der Waals surface area contributed by atoms with Gasteiger partial charge >= 0.3 is 0 Å². The Hall–Kier alpha value is -1.94. The zero-order valence-corrected chi connectivity index (χ0v) is 8.94. The predicted molar refractivity (Wildman–Crippen MR) is 63.4 cm³/mol. The van der Waals surface area contributed by atoms with E-state index in [0.717, 1.165) is 5.56 Å². The quantitative estimate of drug-likeness (QED) is 0.742. The molecule has 0 saturated carbocycles. The molecule has 4 nitrogen and oxygen atoms in total. The Morgan fingerprint density at radius 1 is 1.50 bits per heavy atom. The Bertz CT molecular complexity index is 411. The van der Waals surface area contributed by atoms with Crippen LogP contribution in [0, 0.1) is 0 Å². The van der Waals surface area contributed by atoms with Crippen LogP contribution in [0.15, 0.2) is 30.3 Å². The van der Waals surface area contributed by atoms with Gasteiger partial charge in [0.2, 0.25) is 12.2 Å². The number of anilines is 1. The molecule has 0 aliphatic carbocycles. The van der Waals surface area contributed by atoms with E-state index in [1.165, 1.54) is 6.08 Å². The first-order valence-corrected chi connectivity index (χ1v) is 4.85. The van der Waals surface area contributed by atoms with Crippen molar-refractivity contribution in [3.63, 3.8) is 0 Å². The fourth-order valence-corrected chi connectivity index (χ4v) is 1.13. The predicted octanol–water partition coefficient (Wildman–Crippen LogP) is 1.10. The number of para-hydroxylation sites is 1. The third kappa shape index (κ3) is 3.33. The van der Waals surface area contributed by atoms with Crippen molar-refractivity contribution < 1.29 is 9.59 Å². The van der Waals surface area contributed by atoms with Crippen LogP contribution in [0.4, 0.5) is 5.69 Å². The third-order valence-corrected chi connectivity index (χ3v) is 1.96. The number of allylic oxidation sites excluding steroid dienone is 1. The van der Waals surface area contributed by atoms with E-state index in [4.69, 9.17) is 5.73 Å². The largest absolute Gasteiger partial charge is 0.324 e. The summed E-state index contributed by atoms with van der Waals surface area (Å²) in [6.45, 7) is 1.60. The van der Waals surface area contributed by atoms with Crippen LogP contribution >= 0.6 is 0 Å². The number of benzene rings is 1. The molecule has 0 fully saturated rings. The number of carbonyl (C=O) groups excluding carboxylic acids is 2. The Morgan fingerprint density at radius 3 is 2.81 bits per heavy atom. The minimum atomic E-state index is -0.574. The monoisotopic (exact) mass is 217 g/mol. The van der Waals surface area contributed by atoms with Gasteiger partial charge in [-0.25, -0.2) is 0 Å². The highest BCUT2D eigenvalue weighted by molar-refractivity contribution is 5.96. The number of carbonyl (C=O) groups is 1. The Balaban J connectivity index is 2.90. The first-order chi connectivity index (χ1) is 7.65. The highest BCUT2D eigenvalue weighted by atomic mass is 16.2. The molecule has 0 aromatic heterocycles. The molecule has 1 amide bonds. The van der Waals surface area contributed by atoms with Gasteiger partial charge in [0.1, 0.15) is 0 Å². The number of rotatable bonds is 4. The topological polar surface area (TPSA) is 72.2 Å². The highest BCUT2D eigenvalue weighted by Gasteiger charge is 2.08. The summed E-state index contributed by atoms with van der Waals surface area (Å²) in [5.74, 6) is -0.268. The van der Waals surface area contributed by atoms with Gasteiger partial charge in [-0.05, 0) is 30.7 Å². The molecule has 16 heavy (non-hydrogen) atoms. The van der Waals surface area contributed by atoms with Gasteiger partial charge in [0.15, 0.2) is 0 Å². The highest BCUT2D eigenvalue weighted by Crippen LogP contribution is 2.16. The first-order valence-electron chi connectivity index (χ1n) is 4.85. The van der Waals surface area contributed by atoms with Crippen molar-refractivity contribution in [2.75, 3.05) is 5.32 Å². The van der Waals surface area contributed by atoms with Gasteiger partial charge in [-0.2, -0.15) is 0 Å². The average molecular weight is 217 g/mol. The third-order valence-electron chi connectivity index (χ3n) is 1.96. The fraction of sp³-hybridized carbons (Fsp3) is 0.167. The maximum absolute atomic E-state index is 11.4. The molecule has 1 unspecified atom stereocenters. The van der Waals surface area contributed by atoms with E-state index >= 15 is 0 Å². The van der Waals surface area contributed by atoms with Crippen LogP contribution in [0.1, 0.15) is 12.5 Å². The first kappa shape index (κ1) is 12.1. The molecule has 83 valence electrons. The zero-order valence-electron chi connectivity index (χ0n) is 8.94. The van der Waals surface area contributed by atoms with Gasteiger partial charge in [0.25, 0.3) is 0 Å². The number of nitrogens with one attached hydrogen (secondary N) is 1. The van der Waals surface area contributed by atoms with Crippen molar-refractivity contribution in [1.29, 1.82) is 0 Å². The second-order valence-corrected chi connectivity index (χ2v) is 3.32. The molecule has 1 atom stereocenters. The van der Waals surface area contributed by atoms with Gasteiger partial charge in [-0.1, -0.05) is 18.2 Å². The lowest BCUT2D eigenvalue weighted by molar-refractivity contribution is -0.117. The fourth-order valence-electron chi connectivity index (χ4n) is 1.13. The van der Waals surface area contributed by atoms with Gasteiger partial charge in [-0.3, -0.25) is 9.59 Å². The summed E-state index contributed by atoms with van der Waals surface area (Å²) >= 11 is 0. The molecule has 0 spiro atoms. The summed E-state index contributed by atoms with van der Waals surface area (Å²) < 4.78 is 0. The molecule has 0 saturated heterocycles. The molecule has 4 heteroatoms. The summed E-state index contributed by atoms with van der Waals surface area (Å²) in [7, 11) is 0. The maximum Gasteiger partial charge on any atom is 0.241 e. The van der Waals surface area contributed by atoms with Crippen LogP contribution in [0.5, 0.6) is 0 Å². The summed E-state index contributed by atoms with van der Waals surface area (Å²) in [4.78, 5) is 21.5. The summed E-state index contributed by atoms with van der Waals surface area (Å²) in [6.07, 6.45) is 4.47. The van der Waals surface area contributed by atoms with E-state index in [0.29, 0.717) is 5.69 Å². The van der Waals surface area contributed by atoms with Crippen LogP contribution < -0.4 is 11.1 Å². The van der Waals surface area contributed by atoms with E-state index in [1.54, 1.807) is 37.5 Å². The van der Waals surface area contributed by atoms with E-state index in [-0.39, 0.29) is 5.91 Å². The molecule has 1 aromatic rings. The molecule has 1 radical (unpaired) electrons. The lowest BCUT2D eigenvalue weighted by Crippen LogP contribution is -2.32. The Morgan fingerprint density at radius 2 is 2.19 bits per heavy atom. The minimum absolute atomic E-state index is 0.268. The Labute approximate surface area is 94.1 Å². The lowest BCUT2D eigenvalue weighted by Gasteiger charge is -2.10. The van der Waals surface area contributed by atoms with Crippen molar-refractivity contribution in [2.45, 2.75) is 13.0 Å². The smallest absolute Gasteiger partial charge is 0.241 e. The molecule has 1 rings (SSSR count). The molecule has 0 heterocycles. The molecule has 0 aliphatic heterocycles.